The van der Waals surface area contributed by atoms with Crippen LogP contribution in [0.4, 0.5) is 0 Å². The van der Waals surface area contributed by atoms with Crippen LogP contribution in [0.15, 0.2) is 36.5 Å². The normalized spacial score (nSPS) is 21.1. The lowest BCUT2D eigenvalue weighted by molar-refractivity contribution is -0.302. The topological polar surface area (TPSA) is 169 Å². The van der Waals surface area contributed by atoms with Gasteiger partial charge in [-0.3, -0.25) is 4.79 Å². The molecule has 1 aliphatic rings. The molecule has 8 atom stereocenters. The van der Waals surface area contributed by atoms with Gasteiger partial charge in [-0.2, -0.15) is 0 Å². The minimum absolute atomic E-state index is 0.299. The molecule has 0 spiro atoms. The fourth-order valence-corrected chi connectivity index (χ4v) is 8.06. The molecule has 0 aliphatic carbocycles. The highest BCUT2D eigenvalue weighted by Gasteiger charge is 2.44. The van der Waals surface area contributed by atoms with Crippen molar-refractivity contribution >= 4 is 5.91 Å². The predicted octanol–water partition coefficient (Wildman–Crippen LogP) is 10.6. The summed E-state index contributed by atoms with van der Waals surface area (Å²) in [5.41, 5.74) is 0. The Morgan fingerprint density at radius 3 is 1.40 bits per heavy atom. The molecule has 0 saturated carbocycles. The zero-order valence-corrected chi connectivity index (χ0v) is 39.7. The first-order valence-corrected chi connectivity index (χ1v) is 25.8. The van der Waals surface area contributed by atoms with Gasteiger partial charge in [0.1, 0.15) is 30.5 Å². The van der Waals surface area contributed by atoms with E-state index >= 15 is 0 Å². The minimum atomic E-state index is -1.62. The number of aliphatic hydroxyl groups is 6. The van der Waals surface area contributed by atoms with Gasteiger partial charge in [-0.1, -0.05) is 204 Å². The van der Waals surface area contributed by atoms with E-state index in [0.29, 0.717) is 19.3 Å². The fraction of sp³-hybridized carbons (Fsp3) is 0.865. The molecule has 0 aromatic heterocycles. The van der Waals surface area contributed by atoms with Crippen LogP contribution in [0.5, 0.6) is 0 Å². The van der Waals surface area contributed by atoms with Crippen LogP contribution in [0.25, 0.3) is 0 Å². The third-order valence-electron chi connectivity index (χ3n) is 12.3. The van der Waals surface area contributed by atoms with Crippen LogP contribution in [-0.4, -0.2) is 98.7 Å². The molecule has 7 N–H and O–H groups in total. The van der Waals surface area contributed by atoms with Gasteiger partial charge in [0.25, 0.3) is 0 Å². The molecular formula is C52H97NO9. The lowest BCUT2D eigenvalue weighted by Gasteiger charge is -2.40. The Morgan fingerprint density at radius 1 is 0.548 bits per heavy atom. The van der Waals surface area contributed by atoms with E-state index in [0.717, 1.165) is 38.5 Å². The number of nitrogens with one attached hydrogen (secondary N) is 1. The maximum absolute atomic E-state index is 13.1. The van der Waals surface area contributed by atoms with E-state index in [1.54, 1.807) is 6.08 Å². The van der Waals surface area contributed by atoms with E-state index in [1.165, 1.54) is 154 Å². The second-order valence-corrected chi connectivity index (χ2v) is 18.1. The standard InChI is InChI=1S/C52H97NO9/c1-3-5-7-9-11-13-15-17-19-20-21-22-23-24-25-26-27-29-31-33-35-37-39-41-46(56)51(60)53-44(43-61-52-50(59)49(58)48(57)47(42-54)62-52)45(55)40-38-36-34-32-30-28-18-16-14-12-10-8-6-4-2/h24-25,30,32,38,40,44-50,52,54-59H,3-23,26-29,31,33-37,39,41-43H2,1-2H3,(H,53,60)/b25-24-,32-30+,40-38+. The highest BCUT2D eigenvalue weighted by Crippen LogP contribution is 2.23. The van der Waals surface area contributed by atoms with Crippen molar-refractivity contribution in [2.75, 3.05) is 13.2 Å². The first-order valence-electron chi connectivity index (χ1n) is 25.8. The number of allylic oxidation sites excluding steroid dienone is 5. The van der Waals surface area contributed by atoms with Crippen LogP contribution >= 0.6 is 0 Å². The Morgan fingerprint density at radius 2 is 0.952 bits per heavy atom. The van der Waals surface area contributed by atoms with Crippen molar-refractivity contribution in [2.45, 2.75) is 275 Å². The summed E-state index contributed by atoms with van der Waals surface area (Å²) in [4.78, 5) is 13.1. The largest absolute Gasteiger partial charge is 0.394 e. The van der Waals surface area contributed by atoms with E-state index < -0.39 is 61.5 Å². The summed E-state index contributed by atoms with van der Waals surface area (Å²) in [6.45, 7) is 3.59. The van der Waals surface area contributed by atoms with Crippen molar-refractivity contribution in [1.82, 2.24) is 5.32 Å². The second-order valence-electron chi connectivity index (χ2n) is 18.1. The van der Waals surface area contributed by atoms with E-state index in [2.05, 4.69) is 43.5 Å². The van der Waals surface area contributed by atoms with Gasteiger partial charge in [0.15, 0.2) is 6.29 Å². The number of rotatable bonds is 43. The average Bonchev–Trinajstić information content (AvgIpc) is 3.27. The van der Waals surface area contributed by atoms with Gasteiger partial charge in [0.05, 0.1) is 25.4 Å². The smallest absolute Gasteiger partial charge is 0.249 e. The van der Waals surface area contributed by atoms with Gasteiger partial charge in [-0.05, 0) is 57.8 Å². The Hall–Kier alpha value is -1.63. The molecular weight excluding hydrogens is 783 g/mol. The zero-order valence-electron chi connectivity index (χ0n) is 39.7. The monoisotopic (exact) mass is 880 g/mol. The molecule has 1 rings (SSSR count). The first kappa shape index (κ1) is 58.4. The van der Waals surface area contributed by atoms with Crippen molar-refractivity contribution in [3.8, 4) is 0 Å². The number of amides is 1. The van der Waals surface area contributed by atoms with Gasteiger partial charge < -0.3 is 45.4 Å². The summed E-state index contributed by atoms with van der Waals surface area (Å²) in [5.74, 6) is -0.629. The summed E-state index contributed by atoms with van der Waals surface area (Å²) in [6, 6.07) is -0.998. The van der Waals surface area contributed by atoms with Crippen molar-refractivity contribution in [2.24, 2.45) is 0 Å². The third kappa shape index (κ3) is 31.3. The molecule has 364 valence electrons. The van der Waals surface area contributed by atoms with E-state index in [-0.39, 0.29) is 6.61 Å². The summed E-state index contributed by atoms with van der Waals surface area (Å²) in [6.07, 6.45) is 42.4. The molecule has 0 aromatic carbocycles. The molecule has 1 fully saturated rings. The molecule has 10 nitrogen and oxygen atoms in total. The molecule has 1 saturated heterocycles. The van der Waals surface area contributed by atoms with E-state index in [9.17, 15) is 35.4 Å². The predicted molar refractivity (Wildman–Crippen MR) is 255 cm³/mol. The van der Waals surface area contributed by atoms with Crippen LogP contribution in [0.2, 0.25) is 0 Å². The highest BCUT2D eigenvalue weighted by atomic mass is 16.7. The summed E-state index contributed by atoms with van der Waals surface area (Å²) in [7, 11) is 0. The lowest BCUT2D eigenvalue weighted by Crippen LogP contribution is -2.60. The molecule has 10 heteroatoms. The fourth-order valence-electron chi connectivity index (χ4n) is 8.06. The number of ether oxygens (including phenoxy) is 2. The average molecular weight is 880 g/mol. The number of aliphatic hydroxyl groups excluding tert-OH is 6. The minimum Gasteiger partial charge on any atom is -0.394 e. The molecule has 1 aliphatic heterocycles. The number of unbranched alkanes of at least 4 members (excludes halogenated alkanes) is 28. The molecule has 0 radical (unpaired) electrons. The SMILES string of the molecule is CCCCCCCCCC/C=C/CC/C=C/C(O)C(COC1OC(CO)C(O)C(O)C1O)NC(=O)C(O)CCCCCCCCC/C=C\CCCCCCCCCCCCCC. The van der Waals surface area contributed by atoms with Crippen LogP contribution in [-0.2, 0) is 14.3 Å². The van der Waals surface area contributed by atoms with Crippen molar-refractivity contribution in [1.29, 1.82) is 0 Å². The number of hydrogen-bond donors (Lipinski definition) is 7. The molecule has 1 heterocycles. The quantitative estimate of drug-likeness (QED) is 0.0233. The number of hydrogen-bond acceptors (Lipinski definition) is 9. The molecule has 1 amide bonds. The summed E-state index contributed by atoms with van der Waals surface area (Å²) < 4.78 is 11.1. The van der Waals surface area contributed by atoms with E-state index in [1.807, 2.05) is 6.08 Å². The Kier molecular flexibility index (Phi) is 39.6. The van der Waals surface area contributed by atoms with Gasteiger partial charge in [-0.15, -0.1) is 0 Å². The molecule has 8 unspecified atom stereocenters. The van der Waals surface area contributed by atoms with Gasteiger partial charge >= 0.3 is 0 Å². The lowest BCUT2D eigenvalue weighted by atomic mass is 9.99. The maximum atomic E-state index is 13.1. The highest BCUT2D eigenvalue weighted by molar-refractivity contribution is 5.80. The maximum Gasteiger partial charge on any atom is 0.249 e. The molecule has 62 heavy (non-hydrogen) atoms. The van der Waals surface area contributed by atoms with Crippen molar-refractivity contribution < 1.29 is 44.9 Å². The van der Waals surface area contributed by atoms with E-state index in [4.69, 9.17) is 9.47 Å². The van der Waals surface area contributed by atoms with Crippen molar-refractivity contribution in [3.63, 3.8) is 0 Å². The Labute approximate surface area is 379 Å². The zero-order chi connectivity index (χ0) is 45.3. The second kappa shape index (κ2) is 42.0. The Bertz CT molecular complexity index is 1080. The van der Waals surface area contributed by atoms with Gasteiger partial charge in [0.2, 0.25) is 5.91 Å². The van der Waals surface area contributed by atoms with Crippen LogP contribution < -0.4 is 5.32 Å². The van der Waals surface area contributed by atoms with Crippen molar-refractivity contribution in [3.05, 3.63) is 36.5 Å². The van der Waals surface area contributed by atoms with Gasteiger partial charge in [0, 0.05) is 0 Å². The number of carbonyl (C=O) groups excluding carboxylic acids is 1. The first-order chi connectivity index (χ1) is 30.3. The summed E-state index contributed by atoms with van der Waals surface area (Å²) >= 11 is 0. The number of carbonyl (C=O) groups is 1. The Balaban J connectivity index is 2.33. The molecule has 0 bridgehead atoms. The van der Waals surface area contributed by atoms with Crippen LogP contribution in [0, 0.1) is 0 Å². The molecule has 0 aromatic rings. The third-order valence-corrected chi connectivity index (χ3v) is 12.3. The van der Waals surface area contributed by atoms with Gasteiger partial charge in [-0.25, -0.2) is 0 Å². The van der Waals surface area contributed by atoms with Crippen LogP contribution in [0.3, 0.4) is 0 Å². The summed E-state index contributed by atoms with van der Waals surface area (Å²) in [5, 5.41) is 64.8. The van der Waals surface area contributed by atoms with Crippen LogP contribution in [0.1, 0.15) is 226 Å².